The van der Waals surface area contributed by atoms with Gasteiger partial charge in [0.1, 0.15) is 17.5 Å². The fourth-order valence-electron chi connectivity index (χ4n) is 1.61. The van der Waals surface area contributed by atoms with E-state index in [2.05, 4.69) is 29.7 Å². The van der Waals surface area contributed by atoms with Gasteiger partial charge in [0.15, 0.2) is 0 Å². The minimum Gasteiger partial charge on any atom is -0.366 e. The second kappa shape index (κ2) is 5.80. The first-order valence-electron chi connectivity index (χ1n) is 5.33. The van der Waals surface area contributed by atoms with Gasteiger partial charge < -0.3 is 5.32 Å². The number of nitrogens with zero attached hydrogens (tertiary/aromatic N) is 3. The number of thioether (sulfide) groups is 1. The average molecular weight is 238 g/mol. The Bertz CT molecular complexity index is 391. The zero-order valence-electron chi connectivity index (χ0n) is 10.2. The molecule has 1 N–H and O–H groups in total. The fourth-order valence-corrected chi connectivity index (χ4v) is 2.34. The van der Waals surface area contributed by atoms with E-state index in [0.717, 1.165) is 23.7 Å². The minimum atomic E-state index is 0.386. The molecule has 0 aliphatic carbocycles. The molecule has 16 heavy (non-hydrogen) atoms. The molecule has 0 saturated carbocycles. The molecule has 0 aromatic carbocycles. The third-order valence-electron chi connectivity index (χ3n) is 2.54. The number of aryl methyl sites for hydroxylation is 2. The van der Waals surface area contributed by atoms with Gasteiger partial charge in [-0.2, -0.15) is 22.1 Å². The van der Waals surface area contributed by atoms with Crippen molar-refractivity contribution in [1.82, 2.24) is 9.78 Å². The summed E-state index contributed by atoms with van der Waals surface area (Å²) >= 11 is 1.80. The van der Waals surface area contributed by atoms with Crippen molar-refractivity contribution < 1.29 is 0 Å². The highest BCUT2D eigenvalue weighted by molar-refractivity contribution is 7.98. The number of hydrogen-bond acceptors (Lipinski definition) is 4. The van der Waals surface area contributed by atoms with E-state index < -0.39 is 0 Å². The highest BCUT2D eigenvalue weighted by Gasteiger charge is 2.15. The number of anilines is 1. The van der Waals surface area contributed by atoms with Crippen LogP contribution in [0, 0.1) is 18.3 Å². The molecule has 0 aliphatic rings. The van der Waals surface area contributed by atoms with Crippen LogP contribution in [0.4, 0.5) is 5.82 Å². The van der Waals surface area contributed by atoms with Crippen molar-refractivity contribution in [3.8, 4) is 6.07 Å². The highest BCUT2D eigenvalue weighted by Crippen LogP contribution is 2.19. The fraction of sp³-hybridized carbons (Fsp3) is 0.636. The van der Waals surface area contributed by atoms with Gasteiger partial charge >= 0.3 is 0 Å². The highest BCUT2D eigenvalue weighted by atomic mass is 32.2. The Morgan fingerprint density at radius 3 is 2.81 bits per heavy atom. The van der Waals surface area contributed by atoms with Crippen LogP contribution in [0.25, 0.3) is 0 Å². The molecule has 1 atom stereocenters. The van der Waals surface area contributed by atoms with Crippen LogP contribution in [0.2, 0.25) is 0 Å². The standard InChI is InChI=1S/C11H18N4S/c1-5-9(7-16-4)13-11-10(6-12)8(2)14-15(11)3/h9,13H,5,7H2,1-4H3. The van der Waals surface area contributed by atoms with E-state index >= 15 is 0 Å². The van der Waals surface area contributed by atoms with Crippen LogP contribution >= 0.6 is 11.8 Å². The lowest BCUT2D eigenvalue weighted by atomic mass is 10.2. The first-order valence-corrected chi connectivity index (χ1v) is 6.72. The van der Waals surface area contributed by atoms with E-state index in [-0.39, 0.29) is 0 Å². The van der Waals surface area contributed by atoms with Gasteiger partial charge in [-0.25, -0.2) is 0 Å². The molecule has 1 aromatic rings. The molecular weight excluding hydrogens is 220 g/mol. The third-order valence-corrected chi connectivity index (χ3v) is 3.27. The normalized spacial score (nSPS) is 12.2. The van der Waals surface area contributed by atoms with Crippen molar-refractivity contribution in [3.63, 3.8) is 0 Å². The van der Waals surface area contributed by atoms with Gasteiger partial charge in [0.2, 0.25) is 0 Å². The summed E-state index contributed by atoms with van der Waals surface area (Å²) in [6, 6.07) is 2.59. The van der Waals surface area contributed by atoms with Crippen molar-refractivity contribution in [2.75, 3.05) is 17.3 Å². The maximum atomic E-state index is 9.08. The number of nitrogens with one attached hydrogen (secondary N) is 1. The molecular formula is C11H18N4S. The lowest BCUT2D eigenvalue weighted by Gasteiger charge is -2.17. The largest absolute Gasteiger partial charge is 0.366 e. The predicted molar refractivity (Wildman–Crippen MR) is 68.7 cm³/mol. The molecule has 4 nitrogen and oxygen atoms in total. The zero-order valence-corrected chi connectivity index (χ0v) is 11.1. The van der Waals surface area contributed by atoms with Crippen LogP contribution in [-0.2, 0) is 7.05 Å². The van der Waals surface area contributed by atoms with E-state index in [9.17, 15) is 0 Å². The summed E-state index contributed by atoms with van der Waals surface area (Å²) in [4.78, 5) is 0. The number of hydrogen-bond donors (Lipinski definition) is 1. The SMILES string of the molecule is CCC(CSC)Nc1c(C#N)c(C)nn1C. The van der Waals surface area contributed by atoms with Gasteiger partial charge in [-0.3, -0.25) is 4.68 Å². The molecule has 0 bridgehead atoms. The molecule has 1 unspecified atom stereocenters. The average Bonchev–Trinajstić information content (AvgIpc) is 2.52. The predicted octanol–water partition coefficient (Wildman–Crippen LogP) is 2.15. The Morgan fingerprint density at radius 1 is 1.62 bits per heavy atom. The van der Waals surface area contributed by atoms with Crippen LogP contribution in [0.15, 0.2) is 0 Å². The number of aromatic nitrogens is 2. The molecule has 88 valence electrons. The second-order valence-electron chi connectivity index (χ2n) is 3.75. The van der Waals surface area contributed by atoms with Crippen molar-refractivity contribution in [3.05, 3.63) is 11.3 Å². The summed E-state index contributed by atoms with van der Waals surface area (Å²) < 4.78 is 1.75. The quantitative estimate of drug-likeness (QED) is 0.854. The van der Waals surface area contributed by atoms with Gasteiger partial charge in [0, 0.05) is 18.8 Å². The van der Waals surface area contributed by atoms with E-state index in [4.69, 9.17) is 5.26 Å². The van der Waals surface area contributed by atoms with Crippen molar-refractivity contribution in [1.29, 1.82) is 5.26 Å². The Labute approximate surface area is 101 Å². The van der Waals surface area contributed by atoms with Gasteiger partial charge in [0.25, 0.3) is 0 Å². The Morgan fingerprint density at radius 2 is 2.31 bits per heavy atom. The Balaban J connectivity index is 2.91. The maximum Gasteiger partial charge on any atom is 0.142 e. The van der Waals surface area contributed by atoms with E-state index in [1.165, 1.54) is 0 Å². The summed E-state index contributed by atoms with van der Waals surface area (Å²) in [7, 11) is 1.86. The lowest BCUT2D eigenvalue weighted by Crippen LogP contribution is -2.23. The molecule has 0 amide bonds. The van der Waals surface area contributed by atoms with Crippen molar-refractivity contribution >= 4 is 17.6 Å². The molecule has 0 radical (unpaired) electrons. The Hall–Kier alpha value is -1.15. The summed E-state index contributed by atoms with van der Waals surface area (Å²) in [6.45, 7) is 4.00. The van der Waals surface area contributed by atoms with Gasteiger partial charge in [-0.1, -0.05) is 6.92 Å². The van der Waals surface area contributed by atoms with Gasteiger partial charge in [-0.15, -0.1) is 0 Å². The first kappa shape index (κ1) is 12.9. The van der Waals surface area contributed by atoms with Crippen LogP contribution in [0.5, 0.6) is 0 Å². The summed E-state index contributed by atoms with van der Waals surface area (Å²) in [5.41, 5.74) is 1.44. The van der Waals surface area contributed by atoms with Crippen LogP contribution < -0.4 is 5.32 Å². The second-order valence-corrected chi connectivity index (χ2v) is 4.66. The topological polar surface area (TPSA) is 53.6 Å². The van der Waals surface area contributed by atoms with E-state index in [1.807, 2.05) is 14.0 Å². The molecule has 0 saturated heterocycles. The first-order chi connectivity index (χ1) is 7.63. The number of nitriles is 1. The van der Waals surface area contributed by atoms with Crippen molar-refractivity contribution in [2.24, 2.45) is 7.05 Å². The maximum absolute atomic E-state index is 9.08. The van der Waals surface area contributed by atoms with Crippen LogP contribution in [0.1, 0.15) is 24.6 Å². The van der Waals surface area contributed by atoms with E-state index in [0.29, 0.717) is 11.6 Å². The minimum absolute atomic E-state index is 0.386. The smallest absolute Gasteiger partial charge is 0.142 e. The summed E-state index contributed by atoms with van der Waals surface area (Å²) in [6.07, 6.45) is 3.12. The summed E-state index contributed by atoms with van der Waals surface area (Å²) in [5, 5.41) is 16.7. The molecule has 0 aliphatic heterocycles. The Kier molecular flexibility index (Phi) is 4.69. The molecule has 5 heteroatoms. The molecule has 1 rings (SSSR count). The number of rotatable bonds is 5. The third kappa shape index (κ3) is 2.70. The molecule has 0 fully saturated rings. The molecule has 0 spiro atoms. The zero-order chi connectivity index (χ0) is 12.1. The molecule has 1 heterocycles. The monoisotopic (exact) mass is 238 g/mol. The van der Waals surface area contributed by atoms with Gasteiger partial charge in [0.05, 0.1) is 5.69 Å². The molecule has 1 aromatic heterocycles. The van der Waals surface area contributed by atoms with Gasteiger partial charge in [-0.05, 0) is 19.6 Å². The van der Waals surface area contributed by atoms with Crippen LogP contribution in [-0.4, -0.2) is 27.8 Å². The lowest BCUT2D eigenvalue weighted by molar-refractivity contribution is 0.719. The summed E-state index contributed by atoms with van der Waals surface area (Å²) in [5.74, 6) is 1.87. The van der Waals surface area contributed by atoms with Crippen molar-refractivity contribution in [2.45, 2.75) is 26.3 Å². The van der Waals surface area contributed by atoms with Crippen LogP contribution in [0.3, 0.4) is 0 Å². The van der Waals surface area contributed by atoms with E-state index in [1.54, 1.807) is 16.4 Å².